The molecule has 0 amide bonds. The molecule has 0 saturated heterocycles. The van der Waals surface area contributed by atoms with Crippen molar-refractivity contribution in [2.24, 2.45) is 0 Å². The predicted octanol–water partition coefficient (Wildman–Crippen LogP) is 12.9. The molecule has 7 aromatic carbocycles. The van der Waals surface area contributed by atoms with Gasteiger partial charge in [0.15, 0.2) is 0 Å². The highest BCUT2D eigenvalue weighted by atomic mass is 32.1. The molecule has 48 heavy (non-hydrogen) atoms. The Morgan fingerprint density at radius 3 is 1.85 bits per heavy atom. The van der Waals surface area contributed by atoms with Crippen molar-refractivity contribution in [2.75, 3.05) is 4.90 Å². The van der Waals surface area contributed by atoms with Gasteiger partial charge in [0.25, 0.3) is 0 Å². The number of para-hydroxylation sites is 1. The van der Waals surface area contributed by atoms with Crippen LogP contribution in [0.2, 0.25) is 0 Å². The zero-order valence-electron chi connectivity index (χ0n) is 25.6. The first-order chi connectivity index (χ1) is 23.7. The van der Waals surface area contributed by atoms with E-state index in [1.54, 1.807) is 0 Å². The molecule has 224 valence electrons. The lowest BCUT2D eigenvalue weighted by atomic mass is 10.1. The lowest BCUT2D eigenvalue weighted by molar-refractivity contribution is 1.19. The van der Waals surface area contributed by atoms with E-state index in [1.807, 2.05) is 40.9 Å². The van der Waals surface area contributed by atoms with Crippen molar-refractivity contribution in [1.82, 2.24) is 4.57 Å². The fourth-order valence-corrected chi connectivity index (χ4v) is 9.49. The molecule has 3 heterocycles. The van der Waals surface area contributed by atoms with Crippen LogP contribution in [0.4, 0.5) is 17.1 Å². The first-order valence-corrected chi connectivity index (χ1v) is 17.5. The van der Waals surface area contributed by atoms with Crippen molar-refractivity contribution >= 4 is 102 Å². The molecule has 10 rings (SSSR count). The smallest absolute Gasteiger partial charge is 0.0992 e. The van der Waals surface area contributed by atoms with Crippen molar-refractivity contribution in [3.8, 4) is 11.8 Å². The first-order valence-electron chi connectivity index (χ1n) is 15.9. The Labute approximate surface area is 284 Å². The monoisotopic (exact) mass is 647 g/mol. The van der Waals surface area contributed by atoms with E-state index in [0.717, 1.165) is 33.8 Å². The summed E-state index contributed by atoms with van der Waals surface area (Å²) in [4.78, 5) is 2.32. The normalized spacial score (nSPS) is 11.7. The summed E-state index contributed by atoms with van der Waals surface area (Å²) in [7, 11) is 0. The molecule has 0 bridgehead atoms. The summed E-state index contributed by atoms with van der Waals surface area (Å²) < 4.78 is 7.54. The molecule has 0 saturated carbocycles. The van der Waals surface area contributed by atoms with Crippen molar-refractivity contribution < 1.29 is 0 Å². The molecule has 10 aromatic rings. The van der Waals surface area contributed by atoms with Crippen LogP contribution in [0, 0.1) is 11.3 Å². The van der Waals surface area contributed by atoms with E-state index in [1.165, 1.54) is 51.1 Å². The molecule has 0 fully saturated rings. The maximum atomic E-state index is 9.92. The standard InChI is InChI=1S/C43H25N3S2/c44-26-27-9-7-10-28(23-27)45(29-19-21-41-34(24-29)31-11-2-5-17-39(31)47-41)37-15-8-16-38-43(37)33-13-1-4-14-36(33)46(38)30-20-22-42-35(25-30)32-12-3-6-18-40(32)48-42/h1-25H. The molecule has 0 spiro atoms. The molecule has 5 heteroatoms. The summed E-state index contributed by atoms with van der Waals surface area (Å²) in [5, 5.41) is 17.3. The minimum absolute atomic E-state index is 0.630. The molecule has 0 radical (unpaired) electrons. The summed E-state index contributed by atoms with van der Waals surface area (Å²) in [6, 6.07) is 56.5. The maximum Gasteiger partial charge on any atom is 0.0992 e. The number of anilines is 3. The zero-order chi connectivity index (χ0) is 31.8. The Bertz CT molecular complexity index is 2940. The van der Waals surface area contributed by atoms with Gasteiger partial charge in [0, 0.05) is 68.2 Å². The van der Waals surface area contributed by atoms with Gasteiger partial charge < -0.3 is 9.47 Å². The number of hydrogen-bond donors (Lipinski definition) is 0. The Balaban J connectivity index is 1.27. The van der Waals surface area contributed by atoms with Crippen molar-refractivity contribution in [3.05, 3.63) is 157 Å². The van der Waals surface area contributed by atoms with Gasteiger partial charge in [-0.25, -0.2) is 0 Å². The predicted molar refractivity (Wildman–Crippen MR) is 206 cm³/mol. The highest BCUT2D eigenvalue weighted by molar-refractivity contribution is 7.26. The van der Waals surface area contributed by atoms with Crippen LogP contribution in [0.5, 0.6) is 0 Å². The number of nitriles is 1. The Kier molecular flexibility index (Phi) is 5.98. The molecule has 3 aromatic heterocycles. The van der Waals surface area contributed by atoms with Crippen molar-refractivity contribution in [2.45, 2.75) is 0 Å². The molecule has 0 aliphatic rings. The summed E-state index contributed by atoms with van der Waals surface area (Å²) in [5.74, 6) is 0. The van der Waals surface area contributed by atoms with Gasteiger partial charge in [0.1, 0.15) is 0 Å². The van der Waals surface area contributed by atoms with Crippen LogP contribution in [-0.2, 0) is 0 Å². The topological polar surface area (TPSA) is 32.0 Å². The van der Waals surface area contributed by atoms with Crippen LogP contribution in [0.3, 0.4) is 0 Å². The van der Waals surface area contributed by atoms with E-state index in [-0.39, 0.29) is 0 Å². The number of aromatic nitrogens is 1. The van der Waals surface area contributed by atoms with E-state index in [9.17, 15) is 5.26 Å². The quantitative estimate of drug-likeness (QED) is 0.190. The molecule has 3 nitrogen and oxygen atoms in total. The minimum Gasteiger partial charge on any atom is -0.310 e. The van der Waals surface area contributed by atoms with Crippen LogP contribution in [0.25, 0.3) is 67.8 Å². The van der Waals surface area contributed by atoms with Gasteiger partial charge in [-0.3, -0.25) is 0 Å². The lowest BCUT2D eigenvalue weighted by Crippen LogP contribution is -2.10. The van der Waals surface area contributed by atoms with Crippen molar-refractivity contribution in [1.29, 1.82) is 5.26 Å². The van der Waals surface area contributed by atoms with E-state index in [0.29, 0.717) is 5.56 Å². The van der Waals surface area contributed by atoms with Gasteiger partial charge in [-0.1, -0.05) is 66.7 Å². The highest BCUT2D eigenvalue weighted by Gasteiger charge is 2.22. The van der Waals surface area contributed by atoms with Gasteiger partial charge in [0.2, 0.25) is 0 Å². The molecule has 0 aliphatic carbocycles. The van der Waals surface area contributed by atoms with Gasteiger partial charge in [0.05, 0.1) is 28.4 Å². The molecule has 0 unspecified atom stereocenters. The van der Waals surface area contributed by atoms with Crippen LogP contribution in [0.1, 0.15) is 5.56 Å². The lowest BCUT2D eigenvalue weighted by Gasteiger charge is -2.27. The number of hydrogen-bond acceptors (Lipinski definition) is 4. The fourth-order valence-electron chi connectivity index (χ4n) is 7.31. The largest absolute Gasteiger partial charge is 0.310 e. The third-order valence-electron chi connectivity index (χ3n) is 9.39. The second kappa shape index (κ2) is 10.5. The molecule has 0 N–H and O–H groups in total. The molecule has 0 aliphatic heterocycles. The van der Waals surface area contributed by atoms with E-state index in [2.05, 4.69) is 149 Å². The summed E-state index contributed by atoms with van der Waals surface area (Å²) in [6.07, 6.45) is 0. The van der Waals surface area contributed by atoms with E-state index in [4.69, 9.17) is 0 Å². The minimum atomic E-state index is 0.630. The van der Waals surface area contributed by atoms with Gasteiger partial charge >= 0.3 is 0 Å². The van der Waals surface area contributed by atoms with Crippen molar-refractivity contribution in [3.63, 3.8) is 0 Å². The molecule has 0 atom stereocenters. The summed E-state index contributed by atoms with van der Waals surface area (Å²) in [6.45, 7) is 0. The Hall–Kier alpha value is -5.93. The molecular weight excluding hydrogens is 623 g/mol. The number of nitrogens with zero attached hydrogens (tertiary/aromatic N) is 3. The number of benzene rings is 7. The fraction of sp³-hybridized carbons (Fsp3) is 0. The highest BCUT2D eigenvalue weighted by Crippen LogP contribution is 2.46. The van der Waals surface area contributed by atoms with Gasteiger partial charge in [-0.2, -0.15) is 5.26 Å². The molecular formula is C43H25N3S2. The first kappa shape index (κ1) is 27.2. The second-order valence-corrected chi connectivity index (χ2v) is 14.2. The number of thiophene rings is 2. The SMILES string of the molecule is N#Cc1cccc(N(c2ccc3sc4ccccc4c3c2)c2cccc3c2c2ccccc2n3-c2ccc3sc4ccccc4c3c2)c1. The van der Waals surface area contributed by atoms with Crippen LogP contribution < -0.4 is 4.90 Å². The van der Waals surface area contributed by atoms with E-state index < -0.39 is 0 Å². The third-order valence-corrected chi connectivity index (χ3v) is 11.7. The van der Waals surface area contributed by atoms with Crippen LogP contribution >= 0.6 is 22.7 Å². The maximum absolute atomic E-state index is 9.92. The van der Waals surface area contributed by atoms with Gasteiger partial charge in [-0.15, -0.1) is 22.7 Å². The van der Waals surface area contributed by atoms with E-state index >= 15 is 0 Å². The van der Waals surface area contributed by atoms with Crippen LogP contribution in [0.15, 0.2) is 152 Å². The van der Waals surface area contributed by atoms with Crippen LogP contribution in [-0.4, -0.2) is 4.57 Å². The number of rotatable bonds is 4. The van der Waals surface area contributed by atoms with Gasteiger partial charge in [-0.05, 0) is 84.9 Å². The third kappa shape index (κ3) is 4.04. The number of fused-ring (bicyclic) bond motifs is 9. The Morgan fingerprint density at radius 2 is 1.08 bits per heavy atom. The summed E-state index contributed by atoms with van der Waals surface area (Å²) in [5.41, 5.74) is 7.13. The summed E-state index contributed by atoms with van der Waals surface area (Å²) >= 11 is 3.67. The average Bonchev–Trinajstić information content (AvgIpc) is 3.81. The zero-order valence-corrected chi connectivity index (χ0v) is 27.2. The average molecular weight is 648 g/mol. The second-order valence-electron chi connectivity index (χ2n) is 12.1. The Morgan fingerprint density at radius 1 is 0.479 bits per heavy atom.